The zero-order chi connectivity index (χ0) is 22.9. The molecule has 0 spiro atoms. The van der Waals surface area contributed by atoms with Crippen molar-refractivity contribution in [1.82, 2.24) is 14.9 Å². The van der Waals surface area contributed by atoms with Crippen molar-refractivity contribution in [1.29, 1.82) is 0 Å². The molecule has 0 saturated heterocycles. The highest BCUT2D eigenvalue weighted by Crippen LogP contribution is 2.19. The number of hydrogen-bond acceptors (Lipinski definition) is 4. The number of imidazole rings is 1. The second-order valence-electron chi connectivity index (χ2n) is 7.87. The molecule has 1 aromatic heterocycles. The molecule has 0 bridgehead atoms. The first-order chi connectivity index (χ1) is 16.2. The van der Waals surface area contributed by atoms with Crippen LogP contribution < -0.4 is 14.8 Å². The van der Waals surface area contributed by atoms with Gasteiger partial charge in [-0.2, -0.15) is 0 Å². The third-order valence-corrected chi connectivity index (χ3v) is 5.42. The predicted octanol–water partition coefficient (Wildman–Crippen LogP) is 4.90. The number of amides is 1. The van der Waals surface area contributed by atoms with E-state index in [-0.39, 0.29) is 12.5 Å². The lowest BCUT2D eigenvalue weighted by Gasteiger charge is -2.12. The predicted molar refractivity (Wildman–Crippen MR) is 129 cm³/mol. The summed E-state index contributed by atoms with van der Waals surface area (Å²) >= 11 is 0. The minimum Gasteiger partial charge on any atom is -0.493 e. The summed E-state index contributed by atoms with van der Waals surface area (Å²) in [4.78, 5) is 17.0. The zero-order valence-electron chi connectivity index (χ0n) is 18.9. The molecular weight excluding hydrogens is 414 g/mol. The third kappa shape index (κ3) is 6.13. The lowest BCUT2D eigenvalue weighted by Crippen LogP contribution is -2.29. The smallest absolute Gasteiger partial charge is 0.258 e. The van der Waals surface area contributed by atoms with Crippen molar-refractivity contribution in [3.63, 3.8) is 0 Å². The number of nitrogens with zero attached hydrogens (tertiary/aromatic N) is 2. The van der Waals surface area contributed by atoms with Crippen LogP contribution in [0.4, 0.5) is 0 Å². The van der Waals surface area contributed by atoms with E-state index >= 15 is 0 Å². The number of carbonyl (C=O) groups is 1. The molecule has 0 radical (unpaired) electrons. The Morgan fingerprint density at radius 3 is 2.52 bits per heavy atom. The maximum absolute atomic E-state index is 12.3. The van der Waals surface area contributed by atoms with E-state index in [1.807, 2.05) is 66.7 Å². The number of unbranched alkanes of at least 4 members (excludes halogenated alkanes) is 1. The van der Waals surface area contributed by atoms with Crippen LogP contribution in [0.2, 0.25) is 0 Å². The van der Waals surface area contributed by atoms with Crippen molar-refractivity contribution in [3.8, 4) is 11.5 Å². The summed E-state index contributed by atoms with van der Waals surface area (Å²) in [6.45, 7) is 3.86. The Kier molecular flexibility index (Phi) is 7.59. The average molecular weight is 444 g/mol. The van der Waals surface area contributed by atoms with Crippen molar-refractivity contribution in [2.45, 2.75) is 32.9 Å². The molecule has 33 heavy (non-hydrogen) atoms. The molecule has 6 heteroatoms. The molecule has 0 unspecified atom stereocenters. The number of benzene rings is 3. The van der Waals surface area contributed by atoms with Crippen molar-refractivity contribution >= 4 is 16.9 Å². The topological polar surface area (TPSA) is 65.4 Å². The number of carbonyl (C=O) groups excluding carboxylic acids is 1. The minimum absolute atomic E-state index is 0.0273. The van der Waals surface area contributed by atoms with Gasteiger partial charge in [0, 0.05) is 6.54 Å². The molecule has 0 aliphatic carbocycles. The number of ether oxygens (including phenoxy) is 2. The van der Waals surface area contributed by atoms with Crippen molar-refractivity contribution < 1.29 is 14.3 Å². The van der Waals surface area contributed by atoms with E-state index in [0.717, 1.165) is 47.6 Å². The van der Waals surface area contributed by atoms with Crippen LogP contribution in [-0.4, -0.2) is 28.7 Å². The molecule has 4 rings (SSSR count). The van der Waals surface area contributed by atoms with E-state index < -0.39 is 0 Å². The van der Waals surface area contributed by atoms with Crippen LogP contribution >= 0.6 is 0 Å². The second-order valence-corrected chi connectivity index (χ2v) is 7.87. The highest BCUT2D eigenvalue weighted by atomic mass is 16.5. The molecule has 1 amide bonds. The minimum atomic E-state index is -0.177. The van der Waals surface area contributed by atoms with E-state index in [1.165, 1.54) is 0 Å². The number of aryl methyl sites for hydroxylation is 2. The van der Waals surface area contributed by atoms with Gasteiger partial charge < -0.3 is 19.4 Å². The van der Waals surface area contributed by atoms with Gasteiger partial charge in [-0.3, -0.25) is 4.79 Å². The van der Waals surface area contributed by atoms with E-state index in [9.17, 15) is 4.79 Å². The summed E-state index contributed by atoms with van der Waals surface area (Å²) in [6, 6.07) is 25.4. The molecule has 0 aliphatic rings. The van der Waals surface area contributed by atoms with E-state index in [4.69, 9.17) is 14.5 Å². The number of fused-ring (bicyclic) bond motifs is 1. The summed E-state index contributed by atoms with van der Waals surface area (Å²) in [7, 11) is 0. The molecular formula is C27H29N3O3. The van der Waals surface area contributed by atoms with Crippen LogP contribution in [0.15, 0.2) is 78.9 Å². The summed E-state index contributed by atoms with van der Waals surface area (Å²) in [6.07, 6.45) is 1.88. The molecule has 0 atom stereocenters. The van der Waals surface area contributed by atoms with Crippen molar-refractivity contribution in [2.24, 2.45) is 0 Å². The Balaban J connectivity index is 1.31. The molecule has 4 aromatic rings. The van der Waals surface area contributed by atoms with Gasteiger partial charge in [-0.15, -0.1) is 0 Å². The normalized spacial score (nSPS) is 10.8. The second kappa shape index (κ2) is 11.2. The van der Waals surface area contributed by atoms with Crippen LogP contribution in [-0.2, 0) is 17.9 Å². The molecule has 170 valence electrons. The van der Waals surface area contributed by atoms with Crippen LogP contribution in [0.25, 0.3) is 11.0 Å². The van der Waals surface area contributed by atoms with Gasteiger partial charge in [-0.1, -0.05) is 48.5 Å². The molecule has 0 saturated carbocycles. The number of hydrogen-bond donors (Lipinski definition) is 1. The Morgan fingerprint density at radius 1 is 0.909 bits per heavy atom. The Morgan fingerprint density at radius 2 is 1.67 bits per heavy atom. The molecule has 0 aliphatic heterocycles. The summed E-state index contributed by atoms with van der Waals surface area (Å²) < 4.78 is 13.6. The fourth-order valence-corrected chi connectivity index (χ4v) is 3.68. The Bertz CT molecular complexity index is 1190. The van der Waals surface area contributed by atoms with Crippen molar-refractivity contribution in [3.05, 3.63) is 90.3 Å². The van der Waals surface area contributed by atoms with Gasteiger partial charge in [-0.25, -0.2) is 4.98 Å². The van der Waals surface area contributed by atoms with Crippen LogP contribution in [0.1, 0.15) is 24.2 Å². The van der Waals surface area contributed by atoms with Gasteiger partial charge >= 0.3 is 0 Å². The highest BCUT2D eigenvalue weighted by Gasteiger charge is 2.12. The van der Waals surface area contributed by atoms with Gasteiger partial charge in [0.15, 0.2) is 6.61 Å². The summed E-state index contributed by atoms with van der Waals surface area (Å²) in [5.41, 5.74) is 3.15. The maximum Gasteiger partial charge on any atom is 0.258 e. The monoisotopic (exact) mass is 443 g/mol. The standard InChI is InChI=1S/C27H29N3O3/c1-21-11-5-8-16-25(21)32-18-10-9-17-30-24-15-7-6-14-23(24)29-26(30)19-28-27(31)20-33-22-12-3-2-4-13-22/h2-8,11-16H,9-10,17-20H2,1H3,(H,28,31). The maximum atomic E-state index is 12.3. The first-order valence-electron chi connectivity index (χ1n) is 11.3. The van der Waals surface area contributed by atoms with E-state index in [0.29, 0.717) is 18.9 Å². The first kappa shape index (κ1) is 22.4. The number of aromatic nitrogens is 2. The largest absolute Gasteiger partial charge is 0.493 e. The molecule has 1 N–H and O–H groups in total. The lowest BCUT2D eigenvalue weighted by molar-refractivity contribution is -0.123. The van der Waals surface area contributed by atoms with Crippen LogP contribution in [0.5, 0.6) is 11.5 Å². The van der Waals surface area contributed by atoms with Crippen molar-refractivity contribution in [2.75, 3.05) is 13.2 Å². The Hall–Kier alpha value is -3.80. The molecule has 1 heterocycles. The molecule has 0 fully saturated rings. The average Bonchev–Trinajstić information content (AvgIpc) is 3.20. The van der Waals surface area contributed by atoms with Gasteiger partial charge in [-0.05, 0) is 55.7 Å². The molecule has 6 nitrogen and oxygen atoms in total. The highest BCUT2D eigenvalue weighted by molar-refractivity contribution is 5.78. The Labute approximate surface area is 194 Å². The summed E-state index contributed by atoms with van der Waals surface area (Å²) in [5, 5.41) is 2.93. The lowest BCUT2D eigenvalue weighted by atomic mass is 10.2. The SMILES string of the molecule is Cc1ccccc1OCCCCn1c(CNC(=O)COc2ccccc2)nc2ccccc21. The molecule has 3 aromatic carbocycles. The fraction of sp³-hybridized carbons (Fsp3) is 0.259. The van der Waals surface area contributed by atoms with Gasteiger partial charge in [0.1, 0.15) is 17.3 Å². The first-order valence-corrected chi connectivity index (χ1v) is 11.3. The zero-order valence-corrected chi connectivity index (χ0v) is 18.9. The summed E-state index contributed by atoms with van der Waals surface area (Å²) in [5.74, 6) is 2.27. The fourth-order valence-electron chi connectivity index (χ4n) is 3.68. The van der Waals surface area contributed by atoms with E-state index in [1.54, 1.807) is 0 Å². The number of nitrogens with one attached hydrogen (secondary N) is 1. The quantitative estimate of drug-likeness (QED) is 0.335. The van der Waals surface area contributed by atoms with Gasteiger partial charge in [0.05, 0.1) is 24.2 Å². The van der Waals surface area contributed by atoms with Gasteiger partial charge in [0.2, 0.25) is 0 Å². The van der Waals surface area contributed by atoms with Gasteiger partial charge in [0.25, 0.3) is 5.91 Å². The third-order valence-electron chi connectivity index (χ3n) is 5.42. The van der Waals surface area contributed by atoms with Crippen LogP contribution in [0, 0.1) is 6.92 Å². The number of rotatable bonds is 11. The number of para-hydroxylation sites is 4. The van der Waals surface area contributed by atoms with Crippen LogP contribution in [0.3, 0.4) is 0 Å². The van der Waals surface area contributed by atoms with E-state index in [2.05, 4.69) is 28.9 Å².